The van der Waals surface area contributed by atoms with Gasteiger partial charge in [-0.25, -0.2) is 0 Å². The van der Waals surface area contributed by atoms with Gasteiger partial charge in [0.25, 0.3) is 0 Å². The van der Waals surface area contributed by atoms with E-state index in [9.17, 15) is 9.59 Å². The molecular weight excluding hydrogens is 308 g/mol. The first-order valence-electron chi connectivity index (χ1n) is 9.19. The molecule has 0 saturated heterocycles. The average Bonchev–Trinajstić information content (AvgIpc) is 2.63. The minimum Gasteiger partial charge on any atom is -0.298 e. The maximum absolute atomic E-state index is 10.7. The molecular formula is C23H30O2. The first-order valence-corrected chi connectivity index (χ1v) is 9.19. The molecule has 0 bridgehead atoms. The third-order valence-electron chi connectivity index (χ3n) is 4.27. The molecule has 0 aromatic heterocycles. The predicted octanol–water partition coefficient (Wildman–Crippen LogP) is 6.57. The van der Waals surface area contributed by atoms with Crippen molar-refractivity contribution >= 4 is 12.6 Å². The van der Waals surface area contributed by atoms with Crippen LogP contribution in [0, 0.1) is 13.8 Å². The van der Waals surface area contributed by atoms with Gasteiger partial charge in [0.1, 0.15) is 12.6 Å². The molecule has 2 rings (SSSR count). The largest absolute Gasteiger partial charge is 0.298 e. The maximum Gasteiger partial charge on any atom is 0.150 e. The number of rotatable bonds is 7. The van der Waals surface area contributed by atoms with Gasteiger partial charge in [-0.1, -0.05) is 70.2 Å². The molecule has 25 heavy (non-hydrogen) atoms. The third-order valence-corrected chi connectivity index (χ3v) is 4.27. The van der Waals surface area contributed by atoms with Crippen molar-refractivity contribution in [3.63, 3.8) is 0 Å². The SMILES string of the molecule is CCCCCCC.Cc1cc(C=O)ccc1-c1ccc(C=O)cc1C. The fraction of sp³-hybridized carbons (Fsp3) is 0.391. The molecule has 134 valence electrons. The second-order valence-corrected chi connectivity index (χ2v) is 6.45. The predicted molar refractivity (Wildman–Crippen MR) is 107 cm³/mol. The summed E-state index contributed by atoms with van der Waals surface area (Å²) in [6.07, 6.45) is 8.70. The van der Waals surface area contributed by atoms with Gasteiger partial charge in [0, 0.05) is 11.1 Å². The van der Waals surface area contributed by atoms with Crippen LogP contribution < -0.4 is 0 Å². The summed E-state index contributed by atoms with van der Waals surface area (Å²) in [4.78, 5) is 21.4. The molecule has 0 N–H and O–H groups in total. The van der Waals surface area contributed by atoms with Gasteiger partial charge < -0.3 is 0 Å². The molecule has 0 saturated carbocycles. The van der Waals surface area contributed by atoms with Crippen LogP contribution in [0.5, 0.6) is 0 Å². The molecule has 0 radical (unpaired) electrons. The van der Waals surface area contributed by atoms with E-state index in [1.54, 1.807) is 0 Å². The summed E-state index contributed by atoms with van der Waals surface area (Å²) in [6, 6.07) is 11.2. The van der Waals surface area contributed by atoms with Gasteiger partial charge in [0.05, 0.1) is 0 Å². The van der Waals surface area contributed by atoms with Crippen molar-refractivity contribution in [1.82, 2.24) is 0 Å². The fourth-order valence-corrected chi connectivity index (χ4v) is 2.80. The molecule has 0 fully saturated rings. The van der Waals surface area contributed by atoms with E-state index in [0.29, 0.717) is 11.1 Å². The van der Waals surface area contributed by atoms with Crippen molar-refractivity contribution < 1.29 is 9.59 Å². The topological polar surface area (TPSA) is 34.1 Å². The van der Waals surface area contributed by atoms with E-state index >= 15 is 0 Å². The highest BCUT2D eigenvalue weighted by Crippen LogP contribution is 2.27. The normalized spacial score (nSPS) is 9.92. The zero-order valence-corrected chi connectivity index (χ0v) is 16.0. The summed E-state index contributed by atoms with van der Waals surface area (Å²) < 4.78 is 0. The molecule has 2 aromatic carbocycles. The second kappa shape index (κ2) is 11.4. The summed E-state index contributed by atoms with van der Waals surface area (Å²) >= 11 is 0. The van der Waals surface area contributed by atoms with Crippen LogP contribution in [-0.2, 0) is 0 Å². The summed E-state index contributed by atoms with van der Waals surface area (Å²) in [5, 5.41) is 0. The Bertz CT molecular complexity index is 627. The zero-order chi connectivity index (χ0) is 18.7. The Kier molecular flexibility index (Phi) is 9.46. The van der Waals surface area contributed by atoms with E-state index in [4.69, 9.17) is 0 Å². The molecule has 0 aliphatic carbocycles. The highest BCUT2D eigenvalue weighted by atomic mass is 16.1. The van der Waals surface area contributed by atoms with Crippen LogP contribution in [-0.4, -0.2) is 12.6 Å². The monoisotopic (exact) mass is 338 g/mol. The summed E-state index contributed by atoms with van der Waals surface area (Å²) in [5.74, 6) is 0. The van der Waals surface area contributed by atoms with Gasteiger partial charge in [-0.05, 0) is 48.2 Å². The van der Waals surface area contributed by atoms with Crippen LogP contribution in [0.1, 0.15) is 77.8 Å². The van der Waals surface area contributed by atoms with E-state index in [1.807, 2.05) is 50.2 Å². The number of hydrogen-bond donors (Lipinski definition) is 0. The standard InChI is InChI=1S/C16H14O2.C7H16/c1-11-7-13(9-17)3-5-15(11)16-6-4-14(10-18)8-12(16)2;1-3-5-7-6-4-2/h3-10H,1-2H3;3-7H2,1-2H3. The highest BCUT2D eigenvalue weighted by Gasteiger charge is 2.06. The maximum atomic E-state index is 10.7. The lowest BCUT2D eigenvalue weighted by Crippen LogP contribution is -1.91. The highest BCUT2D eigenvalue weighted by molar-refractivity contribution is 5.81. The number of hydrogen-bond acceptors (Lipinski definition) is 2. The molecule has 0 atom stereocenters. The Labute approximate surface area is 152 Å². The molecule has 2 nitrogen and oxygen atoms in total. The van der Waals surface area contributed by atoms with Crippen molar-refractivity contribution in [2.45, 2.75) is 59.8 Å². The molecule has 2 aromatic rings. The molecule has 0 spiro atoms. The molecule has 0 amide bonds. The van der Waals surface area contributed by atoms with Crippen LogP contribution in [0.4, 0.5) is 0 Å². The minimum absolute atomic E-state index is 0.679. The van der Waals surface area contributed by atoms with Crippen molar-refractivity contribution in [1.29, 1.82) is 0 Å². The molecule has 0 aliphatic rings. The Hall–Kier alpha value is -2.22. The van der Waals surface area contributed by atoms with Crippen molar-refractivity contribution in [2.24, 2.45) is 0 Å². The Morgan fingerprint density at radius 2 is 1.08 bits per heavy atom. The molecule has 0 unspecified atom stereocenters. The van der Waals surface area contributed by atoms with Crippen LogP contribution in [0.15, 0.2) is 36.4 Å². The minimum atomic E-state index is 0.679. The summed E-state index contributed by atoms with van der Waals surface area (Å²) in [7, 11) is 0. The van der Waals surface area contributed by atoms with Crippen LogP contribution in [0.25, 0.3) is 11.1 Å². The number of aryl methyl sites for hydroxylation is 2. The van der Waals surface area contributed by atoms with Crippen molar-refractivity contribution in [3.8, 4) is 11.1 Å². The number of unbranched alkanes of at least 4 members (excludes halogenated alkanes) is 4. The van der Waals surface area contributed by atoms with Gasteiger partial charge >= 0.3 is 0 Å². The van der Waals surface area contributed by atoms with Crippen LogP contribution >= 0.6 is 0 Å². The van der Waals surface area contributed by atoms with Gasteiger partial charge in [0.2, 0.25) is 0 Å². The zero-order valence-electron chi connectivity index (χ0n) is 16.0. The first-order chi connectivity index (χ1) is 12.1. The number of aldehydes is 2. The first kappa shape index (κ1) is 20.8. The van der Waals surface area contributed by atoms with E-state index in [0.717, 1.165) is 34.8 Å². The summed E-state index contributed by atoms with van der Waals surface area (Å²) in [5.41, 5.74) is 5.66. The molecule has 2 heteroatoms. The van der Waals surface area contributed by atoms with Gasteiger partial charge in [-0.3, -0.25) is 9.59 Å². The van der Waals surface area contributed by atoms with Crippen LogP contribution in [0.3, 0.4) is 0 Å². The van der Waals surface area contributed by atoms with Gasteiger partial charge in [0.15, 0.2) is 0 Å². The molecule has 0 aliphatic heterocycles. The second-order valence-electron chi connectivity index (χ2n) is 6.45. The lowest BCUT2D eigenvalue weighted by molar-refractivity contribution is 0.111. The fourth-order valence-electron chi connectivity index (χ4n) is 2.80. The summed E-state index contributed by atoms with van der Waals surface area (Å²) in [6.45, 7) is 8.45. The Balaban J connectivity index is 0.000000381. The quantitative estimate of drug-likeness (QED) is 0.422. The number of carbonyl (C=O) groups is 2. The van der Waals surface area contributed by atoms with E-state index in [1.165, 1.54) is 32.1 Å². The Morgan fingerprint density at radius 3 is 1.36 bits per heavy atom. The lowest BCUT2D eigenvalue weighted by atomic mass is 9.94. The van der Waals surface area contributed by atoms with Crippen molar-refractivity contribution in [2.75, 3.05) is 0 Å². The van der Waals surface area contributed by atoms with Crippen LogP contribution in [0.2, 0.25) is 0 Å². The third kappa shape index (κ3) is 6.66. The average molecular weight is 338 g/mol. The van der Waals surface area contributed by atoms with E-state index < -0.39 is 0 Å². The number of carbonyl (C=O) groups excluding carboxylic acids is 2. The van der Waals surface area contributed by atoms with Crippen molar-refractivity contribution in [3.05, 3.63) is 58.7 Å². The molecule has 0 heterocycles. The van der Waals surface area contributed by atoms with E-state index in [2.05, 4.69) is 13.8 Å². The van der Waals surface area contributed by atoms with Gasteiger partial charge in [-0.15, -0.1) is 0 Å². The lowest BCUT2D eigenvalue weighted by Gasteiger charge is -2.10. The Morgan fingerprint density at radius 1 is 0.680 bits per heavy atom. The smallest absolute Gasteiger partial charge is 0.150 e. The van der Waals surface area contributed by atoms with E-state index in [-0.39, 0.29) is 0 Å². The number of benzene rings is 2. The van der Waals surface area contributed by atoms with Gasteiger partial charge in [-0.2, -0.15) is 0 Å².